The number of rotatable bonds is 2. The molecule has 3 unspecified atom stereocenters. The topological polar surface area (TPSA) is 40.2 Å². The van der Waals surface area contributed by atoms with Crippen molar-refractivity contribution in [2.75, 3.05) is 6.61 Å². The van der Waals surface area contributed by atoms with Gasteiger partial charge in [-0.15, -0.1) is 0 Å². The minimum atomic E-state index is 0.247. The Morgan fingerprint density at radius 3 is 3.06 bits per heavy atom. The van der Waals surface area contributed by atoms with Crippen LogP contribution in [0.3, 0.4) is 0 Å². The molecule has 1 aliphatic heterocycles. The van der Waals surface area contributed by atoms with Gasteiger partial charge in [-0.3, -0.25) is 0 Å². The molecule has 1 aromatic heterocycles. The fourth-order valence-electron chi connectivity index (χ4n) is 3.30. The Labute approximate surface area is 103 Å². The highest BCUT2D eigenvalue weighted by Crippen LogP contribution is 2.33. The highest BCUT2D eigenvalue weighted by Gasteiger charge is 2.27. The minimum Gasteiger partial charge on any atom is -0.376 e. The number of hydrogen-bond acceptors (Lipinski definition) is 2. The van der Waals surface area contributed by atoms with Crippen LogP contribution >= 0.6 is 0 Å². The van der Waals surface area contributed by atoms with Gasteiger partial charge in [0.15, 0.2) is 0 Å². The molecule has 1 saturated heterocycles. The Morgan fingerprint density at radius 1 is 1.41 bits per heavy atom. The van der Waals surface area contributed by atoms with E-state index in [9.17, 15) is 0 Å². The summed E-state index contributed by atoms with van der Waals surface area (Å²) in [7, 11) is 0. The van der Waals surface area contributed by atoms with Gasteiger partial charge in [-0.25, -0.2) is 0 Å². The van der Waals surface area contributed by atoms with Crippen LogP contribution in [-0.4, -0.2) is 17.3 Å². The molecule has 1 fully saturated rings. The second kappa shape index (κ2) is 4.46. The summed E-state index contributed by atoms with van der Waals surface area (Å²) in [6.45, 7) is 3.20. The number of ether oxygens (including phenoxy) is 1. The second-order valence-electron chi connectivity index (χ2n) is 5.42. The van der Waals surface area contributed by atoms with Crippen LogP contribution in [0.4, 0.5) is 0 Å². The van der Waals surface area contributed by atoms with Crippen molar-refractivity contribution < 1.29 is 4.74 Å². The monoisotopic (exact) mass is 234 g/mol. The lowest BCUT2D eigenvalue weighted by atomic mass is 9.93. The smallest absolute Gasteiger partial charge is 0.0780 e. The summed E-state index contributed by atoms with van der Waals surface area (Å²) in [6, 6.07) is 2.91. The van der Waals surface area contributed by atoms with Crippen LogP contribution < -0.4 is 5.73 Å². The molecule has 0 radical (unpaired) electrons. The lowest BCUT2D eigenvalue weighted by molar-refractivity contribution is 0.0723. The molecule has 2 N–H and O–H groups in total. The highest BCUT2D eigenvalue weighted by molar-refractivity contribution is 5.29. The zero-order valence-electron chi connectivity index (χ0n) is 10.6. The van der Waals surface area contributed by atoms with E-state index < -0.39 is 0 Å². The molecule has 2 heterocycles. The molecule has 3 atom stereocenters. The maximum absolute atomic E-state index is 6.17. The van der Waals surface area contributed by atoms with E-state index in [4.69, 9.17) is 10.5 Å². The SMILES string of the molecule is CC(C1CCCO1)n1ccc2c1CCCC2N. The normalized spacial score (nSPS) is 30.2. The van der Waals surface area contributed by atoms with Crippen molar-refractivity contribution in [3.8, 4) is 0 Å². The summed E-state index contributed by atoms with van der Waals surface area (Å²) < 4.78 is 8.21. The third-order valence-corrected chi connectivity index (χ3v) is 4.33. The fourth-order valence-corrected chi connectivity index (χ4v) is 3.30. The first-order valence-corrected chi connectivity index (χ1v) is 6.84. The molecule has 0 spiro atoms. The summed E-state index contributed by atoms with van der Waals surface area (Å²) >= 11 is 0. The van der Waals surface area contributed by atoms with Gasteiger partial charge >= 0.3 is 0 Å². The van der Waals surface area contributed by atoms with E-state index in [0.717, 1.165) is 13.0 Å². The summed E-state index contributed by atoms with van der Waals surface area (Å²) in [4.78, 5) is 0. The van der Waals surface area contributed by atoms with Gasteiger partial charge in [-0.2, -0.15) is 0 Å². The van der Waals surface area contributed by atoms with Crippen LogP contribution in [0.5, 0.6) is 0 Å². The third kappa shape index (κ3) is 1.91. The first-order chi connectivity index (χ1) is 8.27. The van der Waals surface area contributed by atoms with Crippen molar-refractivity contribution >= 4 is 0 Å². The standard InChI is InChI=1S/C14H22N2O/c1-10(14-6-3-9-17-14)16-8-7-11-12(15)4-2-5-13(11)16/h7-8,10,12,14H,2-6,9,15H2,1H3. The molecule has 0 bridgehead atoms. The maximum atomic E-state index is 6.17. The average molecular weight is 234 g/mol. The van der Waals surface area contributed by atoms with Gasteiger partial charge in [-0.05, 0) is 50.7 Å². The van der Waals surface area contributed by atoms with E-state index >= 15 is 0 Å². The van der Waals surface area contributed by atoms with E-state index in [-0.39, 0.29) is 6.04 Å². The minimum absolute atomic E-state index is 0.247. The Hall–Kier alpha value is -0.800. The largest absolute Gasteiger partial charge is 0.376 e. The molecule has 0 saturated carbocycles. The van der Waals surface area contributed by atoms with Gasteiger partial charge in [0.25, 0.3) is 0 Å². The molecule has 1 aromatic rings. The lowest BCUT2D eigenvalue weighted by Gasteiger charge is -2.26. The quantitative estimate of drug-likeness (QED) is 0.854. The maximum Gasteiger partial charge on any atom is 0.0780 e. The van der Waals surface area contributed by atoms with Crippen LogP contribution in [0.15, 0.2) is 12.3 Å². The number of nitrogens with zero attached hydrogens (tertiary/aromatic N) is 1. The van der Waals surface area contributed by atoms with Crippen molar-refractivity contribution in [3.63, 3.8) is 0 Å². The van der Waals surface area contributed by atoms with Gasteiger partial charge < -0.3 is 15.0 Å². The Balaban J connectivity index is 1.87. The van der Waals surface area contributed by atoms with Gasteiger partial charge in [0.1, 0.15) is 0 Å². The summed E-state index contributed by atoms with van der Waals surface area (Å²) in [5.74, 6) is 0. The van der Waals surface area contributed by atoms with Crippen LogP contribution in [0.25, 0.3) is 0 Å². The second-order valence-corrected chi connectivity index (χ2v) is 5.42. The fraction of sp³-hybridized carbons (Fsp3) is 0.714. The third-order valence-electron chi connectivity index (χ3n) is 4.33. The van der Waals surface area contributed by atoms with Crippen LogP contribution in [0, 0.1) is 0 Å². The Bertz CT molecular complexity index is 393. The average Bonchev–Trinajstić information content (AvgIpc) is 2.98. The number of fused-ring (bicyclic) bond motifs is 1. The summed E-state index contributed by atoms with van der Waals surface area (Å²) in [6.07, 6.45) is 8.53. The molecule has 0 amide bonds. The van der Waals surface area contributed by atoms with Gasteiger partial charge in [0, 0.05) is 24.5 Å². The number of hydrogen-bond donors (Lipinski definition) is 1. The van der Waals surface area contributed by atoms with Crippen molar-refractivity contribution in [2.24, 2.45) is 5.73 Å². The van der Waals surface area contributed by atoms with E-state index in [1.54, 1.807) is 0 Å². The molecule has 2 aliphatic rings. The molecule has 1 aliphatic carbocycles. The molecular formula is C14H22N2O. The zero-order chi connectivity index (χ0) is 11.8. The van der Waals surface area contributed by atoms with E-state index in [0.29, 0.717) is 12.1 Å². The summed E-state index contributed by atoms with van der Waals surface area (Å²) in [5.41, 5.74) is 8.98. The van der Waals surface area contributed by atoms with E-state index in [2.05, 4.69) is 23.8 Å². The number of nitrogens with two attached hydrogens (primary N) is 1. The van der Waals surface area contributed by atoms with Crippen molar-refractivity contribution in [1.82, 2.24) is 4.57 Å². The van der Waals surface area contributed by atoms with Crippen molar-refractivity contribution in [3.05, 3.63) is 23.5 Å². The molecular weight excluding hydrogens is 212 g/mol. The number of aromatic nitrogens is 1. The van der Waals surface area contributed by atoms with Crippen molar-refractivity contribution in [1.29, 1.82) is 0 Å². The van der Waals surface area contributed by atoms with Crippen LogP contribution in [-0.2, 0) is 11.2 Å². The van der Waals surface area contributed by atoms with Gasteiger partial charge in [0.05, 0.1) is 12.1 Å². The molecule has 17 heavy (non-hydrogen) atoms. The Kier molecular flexibility index (Phi) is 2.97. The first kappa shape index (κ1) is 11.3. The molecule has 0 aromatic carbocycles. The van der Waals surface area contributed by atoms with Crippen LogP contribution in [0.2, 0.25) is 0 Å². The van der Waals surface area contributed by atoms with E-state index in [1.807, 2.05) is 0 Å². The Morgan fingerprint density at radius 2 is 2.29 bits per heavy atom. The molecule has 3 nitrogen and oxygen atoms in total. The highest BCUT2D eigenvalue weighted by atomic mass is 16.5. The zero-order valence-corrected chi connectivity index (χ0v) is 10.6. The molecule has 94 valence electrons. The summed E-state index contributed by atoms with van der Waals surface area (Å²) in [5, 5.41) is 0. The molecule has 3 rings (SSSR count). The van der Waals surface area contributed by atoms with Gasteiger partial charge in [0.2, 0.25) is 0 Å². The predicted molar refractivity (Wildman–Crippen MR) is 68.0 cm³/mol. The van der Waals surface area contributed by atoms with Gasteiger partial charge in [-0.1, -0.05) is 0 Å². The van der Waals surface area contributed by atoms with Crippen LogP contribution in [0.1, 0.15) is 55.9 Å². The van der Waals surface area contributed by atoms with Crippen molar-refractivity contribution in [2.45, 2.75) is 57.2 Å². The first-order valence-electron chi connectivity index (χ1n) is 6.84. The lowest BCUT2D eigenvalue weighted by Crippen LogP contribution is -2.24. The molecule has 3 heteroatoms. The van der Waals surface area contributed by atoms with E-state index in [1.165, 1.54) is 36.9 Å². The predicted octanol–water partition coefficient (Wildman–Crippen LogP) is 2.56.